The van der Waals surface area contributed by atoms with Crippen molar-refractivity contribution in [3.63, 3.8) is 0 Å². The van der Waals surface area contributed by atoms with Gasteiger partial charge in [0.1, 0.15) is 12.2 Å². The summed E-state index contributed by atoms with van der Waals surface area (Å²) in [4.78, 5) is 18.0. The van der Waals surface area contributed by atoms with Crippen molar-refractivity contribution >= 4 is 11.2 Å². The van der Waals surface area contributed by atoms with E-state index in [1.54, 1.807) is 18.6 Å². The van der Waals surface area contributed by atoms with E-state index in [-0.39, 0.29) is 23.0 Å². The molecule has 3 fully saturated rings. The third-order valence-electron chi connectivity index (χ3n) is 8.82. The van der Waals surface area contributed by atoms with Gasteiger partial charge in [-0.1, -0.05) is 12.1 Å². The Kier molecular flexibility index (Phi) is 5.66. The van der Waals surface area contributed by atoms with Crippen molar-refractivity contribution in [3.8, 4) is 5.69 Å². The van der Waals surface area contributed by atoms with Gasteiger partial charge in [0.05, 0.1) is 35.7 Å². The van der Waals surface area contributed by atoms with E-state index in [1.807, 2.05) is 36.9 Å². The number of benzene rings is 1. The molecule has 12 heteroatoms. The fraction of sp³-hybridized carbons (Fsp3) is 0.464. The molecule has 40 heavy (non-hydrogen) atoms. The Bertz CT molecular complexity index is 1640. The maximum Gasteiger partial charge on any atom is 0.418 e. The van der Waals surface area contributed by atoms with E-state index >= 15 is 0 Å². The average Bonchev–Trinajstić information content (AvgIpc) is 3.53. The van der Waals surface area contributed by atoms with Crippen molar-refractivity contribution in [1.82, 2.24) is 28.6 Å². The minimum absolute atomic E-state index is 0.131. The lowest BCUT2D eigenvalue weighted by Gasteiger charge is -2.41. The first-order valence-electron chi connectivity index (χ1n) is 13.5. The molecule has 0 aliphatic carbocycles. The van der Waals surface area contributed by atoms with Crippen LogP contribution < -0.4 is 10.6 Å². The lowest BCUT2D eigenvalue weighted by atomic mass is 9.75. The summed E-state index contributed by atoms with van der Waals surface area (Å²) in [5, 5.41) is 8.19. The van der Waals surface area contributed by atoms with Gasteiger partial charge in [-0.05, 0) is 43.7 Å². The summed E-state index contributed by atoms with van der Waals surface area (Å²) >= 11 is 0. The van der Waals surface area contributed by atoms with E-state index in [0.29, 0.717) is 31.0 Å². The number of likely N-dealkylation sites (tertiary alicyclic amines) is 1. The van der Waals surface area contributed by atoms with Crippen LogP contribution in [-0.4, -0.2) is 74.1 Å². The van der Waals surface area contributed by atoms with Crippen molar-refractivity contribution in [3.05, 3.63) is 76.5 Å². The molecule has 1 aromatic carbocycles. The minimum Gasteiger partial charge on any atom is -0.379 e. The van der Waals surface area contributed by atoms with Gasteiger partial charge in [-0.3, -0.25) is 8.97 Å². The maximum absolute atomic E-state index is 14.4. The largest absolute Gasteiger partial charge is 0.418 e. The van der Waals surface area contributed by atoms with E-state index in [9.17, 15) is 18.0 Å². The maximum atomic E-state index is 14.4. The Morgan fingerprint density at radius 1 is 1.05 bits per heavy atom. The van der Waals surface area contributed by atoms with Gasteiger partial charge in [0.2, 0.25) is 0 Å². The molecular formula is C28H30F3N7O2. The zero-order valence-electron chi connectivity index (χ0n) is 22.3. The number of hydrogen-bond acceptors (Lipinski definition) is 6. The lowest BCUT2D eigenvalue weighted by molar-refractivity contribution is -0.136. The van der Waals surface area contributed by atoms with Crippen molar-refractivity contribution in [2.45, 2.75) is 42.9 Å². The van der Waals surface area contributed by atoms with E-state index in [1.165, 1.54) is 16.8 Å². The number of hydrogen-bond donors (Lipinski definition) is 0. The molecule has 3 saturated heterocycles. The van der Waals surface area contributed by atoms with Crippen LogP contribution in [0.2, 0.25) is 0 Å². The molecule has 2 bridgehead atoms. The van der Waals surface area contributed by atoms with Gasteiger partial charge < -0.3 is 19.1 Å². The summed E-state index contributed by atoms with van der Waals surface area (Å²) in [7, 11) is 3.92. The van der Waals surface area contributed by atoms with E-state index < -0.39 is 17.4 Å². The van der Waals surface area contributed by atoms with Gasteiger partial charge in [-0.2, -0.15) is 13.2 Å². The third kappa shape index (κ3) is 3.95. The number of nitrogens with zero attached hydrogens (tertiary/aromatic N) is 7. The fourth-order valence-electron chi connectivity index (χ4n) is 6.74. The number of alkyl halides is 3. The molecule has 2 unspecified atom stereocenters. The van der Waals surface area contributed by atoms with Crippen molar-refractivity contribution < 1.29 is 17.9 Å². The predicted octanol–water partition coefficient (Wildman–Crippen LogP) is 3.03. The first-order chi connectivity index (χ1) is 19.1. The van der Waals surface area contributed by atoms with Crippen molar-refractivity contribution in [2.24, 2.45) is 7.05 Å². The number of pyridine rings is 1. The summed E-state index contributed by atoms with van der Waals surface area (Å²) in [6.45, 7) is 2.53. The highest BCUT2D eigenvalue weighted by atomic mass is 19.4. The number of aromatic nitrogens is 5. The van der Waals surface area contributed by atoms with Gasteiger partial charge in [0, 0.05) is 56.5 Å². The first kappa shape index (κ1) is 25.3. The minimum atomic E-state index is -4.61. The number of imidazole rings is 1. The molecule has 3 aliphatic rings. The van der Waals surface area contributed by atoms with Gasteiger partial charge in [0.25, 0.3) is 0 Å². The highest BCUT2D eigenvalue weighted by molar-refractivity contribution is 5.64. The number of anilines is 1. The number of likely N-dealkylation sites (N-methyl/N-ethyl adjacent to an activating group) is 1. The molecule has 3 aliphatic heterocycles. The molecule has 6 heterocycles. The zero-order valence-corrected chi connectivity index (χ0v) is 22.3. The molecule has 9 nitrogen and oxygen atoms in total. The van der Waals surface area contributed by atoms with Crippen LogP contribution in [0.5, 0.6) is 0 Å². The summed E-state index contributed by atoms with van der Waals surface area (Å²) in [5.74, 6) is 0.806. The second kappa shape index (κ2) is 8.93. The predicted molar refractivity (Wildman–Crippen MR) is 142 cm³/mol. The highest BCUT2D eigenvalue weighted by Crippen LogP contribution is 2.40. The third-order valence-corrected chi connectivity index (χ3v) is 8.82. The number of rotatable bonds is 5. The fourth-order valence-corrected chi connectivity index (χ4v) is 6.74. The van der Waals surface area contributed by atoms with Crippen LogP contribution in [0.3, 0.4) is 0 Å². The standard InChI is InChI=1S/C28H30F3N7O2/c1-34-11-20-6-7-21(12-34)38(20)22-9-23(28(29,30)31)24-14-36(26(39)37(24)13-22)19-5-3-4-18(8-19)27(15-40-16-27)10-25-33-32-17-35(25)2/h3-5,8-9,13-14,17,20-21H,6-7,10-12,15-16H2,1-2H3. The summed E-state index contributed by atoms with van der Waals surface area (Å²) in [5.41, 5.74) is 0.0358. The SMILES string of the molecule is CN1CC2CCC(C1)N2c1cc(C(F)(F)F)c2cn(-c3cccc(C4(Cc5nncn5C)COC4)c3)c(=O)n2c1. The Morgan fingerprint density at radius 3 is 2.42 bits per heavy atom. The van der Waals surface area contributed by atoms with Crippen molar-refractivity contribution in [1.29, 1.82) is 0 Å². The molecule has 0 radical (unpaired) electrons. The lowest BCUT2D eigenvalue weighted by Crippen LogP contribution is -2.52. The normalized spacial score (nSPS) is 22.7. The Morgan fingerprint density at radius 2 is 1.80 bits per heavy atom. The quantitative estimate of drug-likeness (QED) is 0.379. The molecular weight excluding hydrogens is 523 g/mol. The average molecular weight is 554 g/mol. The van der Waals surface area contributed by atoms with Gasteiger partial charge >= 0.3 is 11.9 Å². The van der Waals surface area contributed by atoms with E-state index in [4.69, 9.17) is 4.74 Å². The molecule has 0 spiro atoms. The van der Waals surface area contributed by atoms with Gasteiger partial charge in [-0.15, -0.1) is 10.2 Å². The van der Waals surface area contributed by atoms with Crippen LogP contribution in [-0.2, 0) is 29.8 Å². The van der Waals surface area contributed by atoms with E-state index in [0.717, 1.165) is 41.7 Å². The topological polar surface area (TPSA) is 72.8 Å². The van der Waals surface area contributed by atoms with Gasteiger partial charge in [-0.25, -0.2) is 4.79 Å². The van der Waals surface area contributed by atoms with Crippen molar-refractivity contribution in [2.75, 3.05) is 38.3 Å². The Labute approximate surface area is 228 Å². The number of piperazine rings is 1. The first-order valence-corrected chi connectivity index (χ1v) is 13.5. The monoisotopic (exact) mass is 553 g/mol. The molecule has 210 valence electrons. The molecule has 0 saturated carbocycles. The number of aryl methyl sites for hydroxylation is 1. The molecule has 3 aromatic heterocycles. The molecule has 2 atom stereocenters. The number of fused-ring (bicyclic) bond motifs is 3. The number of halogens is 3. The zero-order chi connectivity index (χ0) is 27.8. The highest BCUT2D eigenvalue weighted by Gasteiger charge is 2.43. The van der Waals surface area contributed by atoms with E-state index in [2.05, 4.69) is 20.0 Å². The molecule has 7 rings (SSSR count). The molecule has 0 amide bonds. The summed E-state index contributed by atoms with van der Waals surface area (Å²) < 4.78 is 53.1. The Balaban J connectivity index is 1.32. The second-order valence-corrected chi connectivity index (χ2v) is 11.5. The Hall–Kier alpha value is -3.64. The van der Waals surface area contributed by atoms with Crippen LogP contribution in [0.25, 0.3) is 11.2 Å². The van der Waals surface area contributed by atoms with Gasteiger partial charge in [0.15, 0.2) is 0 Å². The van der Waals surface area contributed by atoms with Crippen LogP contribution in [0, 0.1) is 0 Å². The van der Waals surface area contributed by atoms with Crippen LogP contribution in [0.15, 0.2) is 53.8 Å². The molecule has 0 N–H and O–H groups in total. The van der Waals surface area contributed by atoms with Crippen LogP contribution in [0.1, 0.15) is 29.8 Å². The summed E-state index contributed by atoms with van der Waals surface area (Å²) in [6.07, 6.45) is 2.36. The van der Waals surface area contributed by atoms with Crippen LogP contribution >= 0.6 is 0 Å². The van der Waals surface area contributed by atoms with Crippen LogP contribution in [0.4, 0.5) is 18.9 Å². The summed E-state index contributed by atoms with van der Waals surface area (Å²) in [6, 6.07) is 8.88. The number of ether oxygens (including phenoxy) is 1. The second-order valence-electron chi connectivity index (χ2n) is 11.5. The smallest absolute Gasteiger partial charge is 0.379 e. The molecule has 4 aromatic rings.